The molecule has 0 bridgehead atoms. The standard InChI is InChI=1S/C14H24N2OS/c1-10-5-7-18-14(10)13(11(2)15)16-6-3-4-12(8-16)9-17/h5,7,11-13,17H,3-4,6,8-9,15H2,1-2H3. The van der Waals surface area contributed by atoms with E-state index in [2.05, 4.69) is 30.2 Å². The molecule has 3 unspecified atom stereocenters. The number of aryl methyl sites for hydroxylation is 1. The summed E-state index contributed by atoms with van der Waals surface area (Å²) in [4.78, 5) is 3.86. The van der Waals surface area contributed by atoms with E-state index in [4.69, 9.17) is 5.73 Å². The Labute approximate surface area is 114 Å². The van der Waals surface area contributed by atoms with Gasteiger partial charge in [0, 0.05) is 24.1 Å². The van der Waals surface area contributed by atoms with Crippen LogP contribution in [0.25, 0.3) is 0 Å². The number of hydrogen-bond acceptors (Lipinski definition) is 4. The van der Waals surface area contributed by atoms with Crippen LogP contribution in [0, 0.1) is 12.8 Å². The van der Waals surface area contributed by atoms with Crippen molar-refractivity contribution in [2.24, 2.45) is 11.7 Å². The molecular formula is C14H24N2OS. The van der Waals surface area contributed by atoms with Crippen molar-refractivity contribution < 1.29 is 5.11 Å². The molecule has 18 heavy (non-hydrogen) atoms. The first-order valence-corrected chi connectivity index (χ1v) is 7.66. The lowest BCUT2D eigenvalue weighted by atomic mass is 9.94. The number of rotatable bonds is 4. The Morgan fingerprint density at radius 1 is 1.61 bits per heavy atom. The molecular weight excluding hydrogens is 244 g/mol. The maximum atomic E-state index is 9.36. The van der Waals surface area contributed by atoms with E-state index in [1.165, 1.54) is 16.9 Å². The van der Waals surface area contributed by atoms with Crippen LogP contribution < -0.4 is 5.73 Å². The molecule has 1 aromatic heterocycles. The normalized spacial score (nSPS) is 25.0. The molecule has 0 spiro atoms. The van der Waals surface area contributed by atoms with Crippen LogP contribution in [-0.4, -0.2) is 35.7 Å². The fourth-order valence-corrected chi connectivity index (χ4v) is 4.10. The number of thiophene rings is 1. The molecule has 3 nitrogen and oxygen atoms in total. The number of aliphatic hydroxyl groups excluding tert-OH is 1. The zero-order valence-corrected chi connectivity index (χ0v) is 12.1. The lowest BCUT2D eigenvalue weighted by molar-refractivity contribution is 0.0804. The number of aliphatic hydroxyl groups is 1. The molecule has 3 atom stereocenters. The predicted molar refractivity (Wildman–Crippen MR) is 76.8 cm³/mol. The minimum Gasteiger partial charge on any atom is -0.396 e. The molecule has 1 aliphatic heterocycles. The van der Waals surface area contributed by atoms with Crippen molar-refractivity contribution in [1.82, 2.24) is 4.90 Å². The van der Waals surface area contributed by atoms with Crippen LogP contribution in [0.4, 0.5) is 0 Å². The Morgan fingerprint density at radius 3 is 2.94 bits per heavy atom. The number of nitrogens with two attached hydrogens (primary N) is 1. The molecule has 0 aliphatic carbocycles. The molecule has 0 amide bonds. The van der Waals surface area contributed by atoms with Gasteiger partial charge in [0.15, 0.2) is 0 Å². The van der Waals surface area contributed by atoms with Gasteiger partial charge in [-0.05, 0) is 56.2 Å². The summed E-state index contributed by atoms with van der Waals surface area (Å²) in [6.07, 6.45) is 2.31. The molecule has 0 saturated carbocycles. The maximum absolute atomic E-state index is 9.36. The monoisotopic (exact) mass is 268 g/mol. The van der Waals surface area contributed by atoms with Gasteiger partial charge in [0.25, 0.3) is 0 Å². The van der Waals surface area contributed by atoms with Gasteiger partial charge in [-0.1, -0.05) is 0 Å². The van der Waals surface area contributed by atoms with Gasteiger partial charge >= 0.3 is 0 Å². The quantitative estimate of drug-likeness (QED) is 0.879. The van der Waals surface area contributed by atoms with Gasteiger partial charge < -0.3 is 10.8 Å². The zero-order chi connectivity index (χ0) is 13.1. The summed E-state index contributed by atoms with van der Waals surface area (Å²) in [5, 5.41) is 11.5. The number of hydrogen-bond donors (Lipinski definition) is 2. The van der Waals surface area contributed by atoms with Gasteiger partial charge in [-0.2, -0.15) is 0 Å². The molecule has 2 heterocycles. The van der Waals surface area contributed by atoms with Crippen LogP contribution in [0.2, 0.25) is 0 Å². The summed E-state index contributed by atoms with van der Waals surface area (Å²) in [5.41, 5.74) is 7.56. The van der Waals surface area contributed by atoms with Gasteiger partial charge in [-0.15, -0.1) is 11.3 Å². The Bertz CT molecular complexity index is 378. The molecule has 1 fully saturated rings. The van der Waals surface area contributed by atoms with Crippen LogP contribution >= 0.6 is 11.3 Å². The number of nitrogens with zero attached hydrogens (tertiary/aromatic N) is 1. The molecule has 1 aromatic rings. The Kier molecular flexibility index (Phi) is 4.78. The highest BCUT2D eigenvalue weighted by molar-refractivity contribution is 7.10. The van der Waals surface area contributed by atoms with Crippen LogP contribution in [-0.2, 0) is 0 Å². The highest BCUT2D eigenvalue weighted by atomic mass is 32.1. The average Bonchev–Trinajstić information content (AvgIpc) is 2.76. The van der Waals surface area contributed by atoms with Gasteiger partial charge in [0.05, 0.1) is 6.04 Å². The second-order valence-electron chi connectivity index (χ2n) is 5.46. The minimum absolute atomic E-state index is 0.125. The molecule has 0 aromatic carbocycles. The lowest BCUT2D eigenvalue weighted by Crippen LogP contribution is -2.45. The molecule has 0 radical (unpaired) electrons. The smallest absolute Gasteiger partial charge is 0.0593 e. The lowest BCUT2D eigenvalue weighted by Gasteiger charge is -2.39. The minimum atomic E-state index is 0.125. The van der Waals surface area contributed by atoms with Crippen LogP contribution in [0.5, 0.6) is 0 Å². The van der Waals surface area contributed by atoms with E-state index in [1.807, 2.05) is 0 Å². The summed E-state index contributed by atoms with van der Waals surface area (Å²) in [6.45, 7) is 6.62. The van der Waals surface area contributed by atoms with E-state index in [1.54, 1.807) is 11.3 Å². The summed E-state index contributed by atoms with van der Waals surface area (Å²) in [6, 6.07) is 2.60. The maximum Gasteiger partial charge on any atom is 0.0593 e. The van der Waals surface area contributed by atoms with E-state index in [0.29, 0.717) is 18.6 Å². The second-order valence-corrected chi connectivity index (χ2v) is 6.41. The molecule has 2 rings (SSSR count). The van der Waals surface area contributed by atoms with E-state index < -0.39 is 0 Å². The molecule has 3 N–H and O–H groups in total. The molecule has 1 aliphatic rings. The van der Waals surface area contributed by atoms with Crippen LogP contribution in [0.3, 0.4) is 0 Å². The SMILES string of the molecule is Cc1ccsc1C(C(C)N)N1CCCC(CO)C1. The van der Waals surface area contributed by atoms with E-state index in [-0.39, 0.29) is 6.04 Å². The van der Waals surface area contributed by atoms with Crippen molar-refractivity contribution >= 4 is 11.3 Å². The summed E-state index contributed by atoms with van der Waals surface area (Å²) < 4.78 is 0. The van der Waals surface area contributed by atoms with Crippen LogP contribution in [0.15, 0.2) is 11.4 Å². The summed E-state index contributed by atoms with van der Waals surface area (Å²) in [5.74, 6) is 0.417. The average molecular weight is 268 g/mol. The first-order valence-electron chi connectivity index (χ1n) is 6.78. The van der Waals surface area contributed by atoms with Gasteiger partial charge in [-0.3, -0.25) is 4.90 Å². The fraction of sp³-hybridized carbons (Fsp3) is 0.714. The zero-order valence-electron chi connectivity index (χ0n) is 11.3. The van der Waals surface area contributed by atoms with E-state index >= 15 is 0 Å². The predicted octanol–water partition coefficient (Wildman–Crippen LogP) is 2.15. The third-order valence-corrected chi connectivity index (χ3v) is 4.96. The molecule has 102 valence electrons. The molecule has 1 saturated heterocycles. The largest absolute Gasteiger partial charge is 0.396 e. The van der Waals surface area contributed by atoms with Crippen molar-refractivity contribution in [3.8, 4) is 0 Å². The number of likely N-dealkylation sites (tertiary alicyclic amines) is 1. The Balaban J connectivity index is 2.18. The van der Waals surface area contributed by atoms with Gasteiger partial charge in [-0.25, -0.2) is 0 Å². The highest BCUT2D eigenvalue weighted by Gasteiger charge is 2.30. The first kappa shape index (κ1) is 14.0. The topological polar surface area (TPSA) is 49.5 Å². The van der Waals surface area contributed by atoms with Crippen molar-refractivity contribution in [3.05, 3.63) is 21.9 Å². The molecule has 4 heteroatoms. The number of piperidine rings is 1. The van der Waals surface area contributed by atoms with E-state index in [9.17, 15) is 5.11 Å². The second kappa shape index (κ2) is 6.15. The Hall–Kier alpha value is -0.420. The summed E-state index contributed by atoms with van der Waals surface area (Å²) >= 11 is 1.80. The van der Waals surface area contributed by atoms with Crippen molar-refractivity contribution in [1.29, 1.82) is 0 Å². The van der Waals surface area contributed by atoms with Crippen molar-refractivity contribution in [3.63, 3.8) is 0 Å². The Morgan fingerprint density at radius 2 is 2.39 bits per heavy atom. The van der Waals surface area contributed by atoms with Crippen LogP contribution in [0.1, 0.15) is 36.2 Å². The first-order chi connectivity index (χ1) is 8.63. The van der Waals surface area contributed by atoms with Crippen molar-refractivity contribution in [2.75, 3.05) is 19.7 Å². The third-order valence-electron chi connectivity index (χ3n) is 3.87. The highest BCUT2D eigenvalue weighted by Crippen LogP contribution is 2.33. The van der Waals surface area contributed by atoms with E-state index in [0.717, 1.165) is 19.5 Å². The summed E-state index contributed by atoms with van der Waals surface area (Å²) in [7, 11) is 0. The van der Waals surface area contributed by atoms with Crippen molar-refractivity contribution in [2.45, 2.75) is 38.8 Å². The third kappa shape index (κ3) is 2.94. The van der Waals surface area contributed by atoms with Gasteiger partial charge in [0.1, 0.15) is 0 Å². The van der Waals surface area contributed by atoms with Gasteiger partial charge in [0.2, 0.25) is 0 Å². The fourth-order valence-electron chi connectivity index (χ4n) is 2.92.